The number of carbonyl (C=O) groups excluding carboxylic acids is 2. The van der Waals surface area contributed by atoms with Crippen molar-refractivity contribution in [2.24, 2.45) is 0 Å². The number of ether oxygens (including phenoxy) is 2. The van der Waals surface area contributed by atoms with Crippen LogP contribution in [0.1, 0.15) is 44.9 Å². The molecule has 1 heterocycles. The maximum absolute atomic E-state index is 14.3. The number of hydrogen-bond donors (Lipinski definition) is 5. The molecule has 0 saturated heterocycles. The minimum atomic E-state index is -5.08. The summed E-state index contributed by atoms with van der Waals surface area (Å²) in [6.07, 6.45) is -3.58. The number of nitrogens with two attached hydrogens (primary N) is 1. The molecule has 0 spiro atoms. The van der Waals surface area contributed by atoms with Gasteiger partial charge < -0.3 is 41.0 Å². The van der Waals surface area contributed by atoms with Gasteiger partial charge in [0.1, 0.15) is 18.4 Å². The van der Waals surface area contributed by atoms with E-state index in [1.165, 1.54) is 11.8 Å². The van der Waals surface area contributed by atoms with Gasteiger partial charge in [0.25, 0.3) is 5.91 Å². The number of pyridine rings is 1. The highest BCUT2D eigenvalue weighted by molar-refractivity contribution is 5.94. The molecule has 1 aromatic heterocycles. The Morgan fingerprint density at radius 2 is 1.67 bits per heavy atom. The second-order valence-electron chi connectivity index (χ2n) is 11.3. The average Bonchev–Trinajstić information content (AvgIpc) is 3.03. The van der Waals surface area contributed by atoms with Gasteiger partial charge in [-0.25, -0.2) is 9.78 Å². The molecule has 3 aromatic carbocycles. The minimum Gasteiger partial charge on any atom is -0.490 e. The molecule has 6 N–H and O–H groups in total. The zero-order valence-corrected chi connectivity index (χ0v) is 28.2. The Morgan fingerprint density at radius 3 is 2.27 bits per heavy atom. The minimum absolute atomic E-state index is 0.0104. The predicted molar refractivity (Wildman–Crippen MR) is 183 cm³/mol. The van der Waals surface area contributed by atoms with Crippen LogP contribution < -0.4 is 25.8 Å². The number of anilines is 3. The molecule has 1 unspecified atom stereocenters. The molecule has 0 saturated carbocycles. The summed E-state index contributed by atoms with van der Waals surface area (Å²) in [6, 6.07) is 18.4. The Hall–Kier alpha value is -6.06. The number of carboxylic acids is 2. The van der Waals surface area contributed by atoms with Gasteiger partial charge in [-0.1, -0.05) is 18.2 Å². The van der Waals surface area contributed by atoms with E-state index in [2.05, 4.69) is 15.6 Å². The number of nitrogens with zero attached hydrogens (tertiary/aromatic N) is 2. The van der Waals surface area contributed by atoms with Crippen molar-refractivity contribution in [1.82, 2.24) is 9.88 Å². The van der Waals surface area contributed by atoms with E-state index < -0.39 is 36.6 Å². The van der Waals surface area contributed by atoms with Crippen LogP contribution in [0.5, 0.6) is 11.5 Å². The Kier molecular flexibility index (Phi) is 13.6. The molecule has 0 aliphatic carbocycles. The lowest BCUT2D eigenvalue weighted by molar-refractivity contribution is -0.192. The summed E-state index contributed by atoms with van der Waals surface area (Å²) < 4.78 is 43.5. The van der Waals surface area contributed by atoms with Gasteiger partial charge in [-0.3, -0.25) is 14.4 Å². The lowest BCUT2D eigenvalue weighted by Gasteiger charge is -2.28. The highest BCUT2D eigenvalue weighted by atomic mass is 19.4. The summed E-state index contributed by atoms with van der Waals surface area (Å²) in [5, 5.41) is 24.5. The van der Waals surface area contributed by atoms with E-state index in [-0.39, 0.29) is 18.6 Å². The molecule has 4 aromatic rings. The van der Waals surface area contributed by atoms with E-state index in [1.807, 2.05) is 39.0 Å². The average molecular weight is 714 g/mol. The van der Waals surface area contributed by atoms with Gasteiger partial charge in [-0.2, -0.15) is 13.2 Å². The first kappa shape index (κ1) is 39.4. The molecule has 1 atom stereocenters. The Balaban J connectivity index is 0.000000908. The fourth-order valence-electron chi connectivity index (χ4n) is 4.80. The smallest absolute Gasteiger partial charge is 0.490 e. The molecule has 51 heavy (non-hydrogen) atoms. The standard InChI is InChI=1S/C33H37N5O6.C2HF3O2/c1-5-43-29-17-24(9-12-28(29)44-20(2)3)31(37-26-10-11-27-23(16-26)13-14-35-32(27)34)33(42)38(19-30(40)41)18-22-7-6-8-25(15-22)36-21(4)39;3-2(4,5)1(6)7/h6-17,20,31,37H,5,18-19H2,1-4H3,(H2,34,35)(H,36,39)(H,40,41);(H,6,7). The van der Waals surface area contributed by atoms with Crippen molar-refractivity contribution in [2.45, 2.75) is 52.6 Å². The van der Waals surface area contributed by atoms with Crippen LogP contribution in [0.15, 0.2) is 72.9 Å². The summed E-state index contributed by atoms with van der Waals surface area (Å²) in [7, 11) is 0. The molecule has 0 fully saturated rings. The van der Waals surface area contributed by atoms with Crippen LogP contribution in [0.3, 0.4) is 0 Å². The largest absolute Gasteiger partial charge is 0.490 e. The predicted octanol–water partition coefficient (Wildman–Crippen LogP) is 5.86. The van der Waals surface area contributed by atoms with E-state index >= 15 is 0 Å². The molecule has 272 valence electrons. The highest BCUT2D eigenvalue weighted by Crippen LogP contribution is 2.34. The monoisotopic (exact) mass is 713 g/mol. The number of halogens is 3. The maximum atomic E-state index is 14.3. The fourth-order valence-corrected chi connectivity index (χ4v) is 4.80. The molecule has 0 bridgehead atoms. The molecule has 0 aliphatic heterocycles. The third-order valence-electron chi connectivity index (χ3n) is 6.82. The summed E-state index contributed by atoms with van der Waals surface area (Å²) in [4.78, 5) is 52.2. The number of benzene rings is 3. The maximum Gasteiger partial charge on any atom is 0.490 e. The van der Waals surface area contributed by atoms with Crippen LogP contribution >= 0.6 is 0 Å². The van der Waals surface area contributed by atoms with Gasteiger partial charge in [0, 0.05) is 36.4 Å². The summed E-state index contributed by atoms with van der Waals surface area (Å²) in [5.41, 5.74) is 8.39. The quantitative estimate of drug-likeness (QED) is 0.111. The molecule has 2 amide bonds. The summed E-state index contributed by atoms with van der Waals surface area (Å²) >= 11 is 0. The lowest BCUT2D eigenvalue weighted by atomic mass is 10.0. The Bertz CT molecular complexity index is 1870. The normalized spacial score (nSPS) is 11.5. The summed E-state index contributed by atoms with van der Waals surface area (Å²) in [6.45, 7) is 6.88. The number of aliphatic carboxylic acids is 2. The molecular formula is C35H38F3N5O8. The van der Waals surface area contributed by atoms with Crippen LogP contribution in [0, 0.1) is 0 Å². The van der Waals surface area contributed by atoms with Crippen LogP contribution in [0.25, 0.3) is 10.8 Å². The van der Waals surface area contributed by atoms with Crippen molar-refractivity contribution < 1.29 is 52.0 Å². The van der Waals surface area contributed by atoms with E-state index in [4.69, 9.17) is 25.1 Å². The van der Waals surface area contributed by atoms with Crippen LogP contribution in [0.4, 0.5) is 30.4 Å². The molecule has 0 aliphatic rings. The molecular weight excluding hydrogens is 675 g/mol. The second-order valence-corrected chi connectivity index (χ2v) is 11.3. The van der Waals surface area contributed by atoms with Crippen molar-refractivity contribution >= 4 is 51.7 Å². The van der Waals surface area contributed by atoms with E-state index in [9.17, 15) is 32.7 Å². The molecule has 0 radical (unpaired) electrons. The van der Waals surface area contributed by atoms with Gasteiger partial charge in [-0.15, -0.1) is 0 Å². The first-order chi connectivity index (χ1) is 24.0. The Morgan fingerprint density at radius 1 is 0.961 bits per heavy atom. The first-order valence-electron chi connectivity index (χ1n) is 15.5. The number of carboxylic acid groups (broad SMARTS) is 2. The number of fused-ring (bicyclic) bond motifs is 1. The molecule has 16 heteroatoms. The second kappa shape index (κ2) is 17.6. The van der Waals surface area contributed by atoms with Crippen LogP contribution in [0.2, 0.25) is 0 Å². The van der Waals surface area contributed by atoms with Crippen molar-refractivity contribution in [3.05, 3.63) is 84.1 Å². The zero-order valence-electron chi connectivity index (χ0n) is 28.2. The van der Waals surface area contributed by atoms with Crippen LogP contribution in [-0.4, -0.2) is 69.3 Å². The van der Waals surface area contributed by atoms with Gasteiger partial charge in [-0.05, 0) is 85.8 Å². The number of nitrogen functional groups attached to an aromatic ring is 1. The number of alkyl halides is 3. The first-order valence-corrected chi connectivity index (χ1v) is 15.5. The van der Waals surface area contributed by atoms with Gasteiger partial charge in [0.15, 0.2) is 11.5 Å². The van der Waals surface area contributed by atoms with Gasteiger partial charge >= 0.3 is 18.1 Å². The van der Waals surface area contributed by atoms with Crippen molar-refractivity contribution in [2.75, 3.05) is 29.5 Å². The van der Waals surface area contributed by atoms with Crippen molar-refractivity contribution in [3.63, 3.8) is 0 Å². The topological polar surface area (TPSA) is 193 Å². The number of carbonyl (C=O) groups is 4. The number of rotatable bonds is 13. The van der Waals surface area contributed by atoms with E-state index in [1.54, 1.807) is 54.7 Å². The summed E-state index contributed by atoms with van der Waals surface area (Å²) in [5.74, 6) is -3.27. The number of hydrogen-bond acceptors (Lipinski definition) is 9. The molecule has 4 rings (SSSR count). The third kappa shape index (κ3) is 11.8. The highest BCUT2D eigenvalue weighted by Gasteiger charge is 2.38. The number of amides is 2. The third-order valence-corrected chi connectivity index (χ3v) is 6.82. The molecule has 13 nitrogen and oxygen atoms in total. The fraction of sp³-hybridized carbons (Fsp3) is 0.286. The number of nitrogens with one attached hydrogen (secondary N) is 2. The van der Waals surface area contributed by atoms with Crippen LogP contribution in [-0.2, 0) is 25.7 Å². The SMILES string of the molecule is CCOc1cc(C(Nc2ccc3c(N)nccc3c2)C(=O)N(CC(=O)O)Cc2cccc(NC(C)=O)c2)ccc1OC(C)C.O=C(O)C(F)(F)F. The lowest BCUT2D eigenvalue weighted by Crippen LogP contribution is -2.40. The van der Waals surface area contributed by atoms with E-state index in [0.29, 0.717) is 46.4 Å². The zero-order chi connectivity index (χ0) is 37.9. The van der Waals surface area contributed by atoms with E-state index in [0.717, 1.165) is 10.8 Å². The van der Waals surface area contributed by atoms with Gasteiger partial charge in [0.2, 0.25) is 5.91 Å². The van der Waals surface area contributed by atoms with Gasteiger partial charge in [0.05, 0.1) is 12.7 Å². The van der Waals surface area contributed by atoms with Crippen molar-refractivity contribution in [3.8, 4) is 11.5 Å². The van der Waals surface area contributed by atoms with Crippen molar-refractivity contribution in [1.29, 1.82) is 0 Å². The number of aromatic nitrogens is 1. The Labute approximate surface area is 291 Å².